The molecule has 0 heterocycles. The molecule has 0 saturated heterocycles. The van der Waals surface area contributed by atoms with Gasteiger partial charge in [0, 0.05) is 0 Å². The number of para-hydroxylation sites is 1. The van der Waals surface area contributed by atoms with Gasteiger partial charge in [-0.25, -0.2) is 0 Å². The molecule has 0 spiro atoms. The summed E-state index contributed by atoms with van der Waals surface area (Å²) < 4.78 is 6.63. The molecule has 0 amide bonds. The molecule has 1 rings (SSSR count). The van der Waals surface area contributed by atoms with Crippen molar-refractivity contribution in [1.29, 1.82) is 0 Å². The summed E-state index contributed by atoms with van der Waals surface area (Å²) in [6.45, 7) is 7.57. The Balaban J connectivity index is 2.45. The molecule has 15 heavy (non-hydrogen) atoms. The average molecular weight is 285 g/mol. The first-order valence-corrected chi connectivity index (χ1v) is 9.41. The van der Waals surface area contributed by atoms with E-state index in [0.717, 1.165) is 10.2 Å². The fourth-order valence-electron chi connectivity index (χ4n) is 1.10. The van der Waals surface area contributed by atoms with E-state index in [9.17, 15) is 0 Å². The molecule has 0 fully saturated rings. The van der Waals surface area contributed by atoms with E-state index in [-0.39, 0.29) is 0 Å². The van der Waals surface area contributed by atoms with E-state index in [1.165, 1.54) is 0 Å². The van der Waals surface area contributed by atoms with Gasteiger partial charge < -0.3 is 4.74 Å². The van der Waals surface area contributed by atoms with Crippen molar-refractivity contribution >= 4 is 24.0 Å². The van der Waals surface area contributed by atoms with E-state index >= 15 is 0 Å². The van der Waals surface area contributed by atoms with Crippen molar-refractivity contribution in [3.8, 4) is 5.75 Å². The molecule has 0 radical (unpaired) electrons. The van der Waals surface area contributed by atoms with Crippen LogP contribution in [0, 0.1) is 0 Å². The van der Waals surface area contributed by atoms with Crippen molar-refractivity contribution in [3.05, 3.63) is 40.5 Å². The molecular formula is C12H17BrOSi. The van der Waals surface area contributed by atoms with Crippen molar-refractivity contribution in [1.82, 2.24) is 0 Å². The van der Waals surface area contributed by atoms with Gasteiger partial charge in [0.05, 0.1) is 12.5 Å². The predicted octanol–water partition coefficient (Wildman–Crippen LogP) is 4.26. The number of halogens is 1. The Kier molecular flexibility index (Phi) is 4.61. The highest BCUT2D eigenvalue weighted by Crippen LogP contribution is 2.23. The third-order valence-electron chi connectivity index (χ3n) is 1.79. The third kappa shape index (κ3) is 5.19. The number of hydrogen-bond acceptors (Lipinski definition) is 1. The van der Waals surface area contributed by atoms with Gasteiger partial charge in [0.1, 0.15) is 12.4 Å². The summed E-state index contributed by atoms with van der Waals surface area (Å²) in [6.07, 6.45) is 2.12. The van der Waals surface area contributed by atoms with Crippen LogP contribution in [0.15, 0.2) is 40.5 Å². The molecule has 0 aliphatic rings. The molecule has 0 aliphatic carbocycles. The van der Waals surface area contributed by atoms with E-state index < -0.39 is 8.07 Å². The predicted molar refractivity (Wildman–Crippen MR) is 72.1 cm³/mol. The average Bonchev–Trinajstić information content (AvgIpc) is 2.13. The normalized spacial score (nSPS) is 12.0. The highest BCUT2D eigenvalue weighted by Gasteiger charge is 2.06. The lowest BCUT2D eigenvalue weighted by atomic mass is 10.3. The second-order valence-electron chi connectivity index (χ2n) is 4.51. The standard InChI is InChI=1S/C12H17BrOSi/c1-15(2,3)10-6-9-14-12-8-5-4-7-11(12)13/h4-8,10H,9H2,1-3H3/b10-6+. The van der Waals surface area contributed by atoms with Crippen molar-refractivity contribution in [2.75, 3.05) is 6.61 Å². The maximum absolute atomic E-state index is 5.62. The van der Waals surface area contributed by atoms with Crippen LogP contribution in [0.25, 0.3) is 0 Å². The largest absolute Gasteiger partial charge is 0.488 e. The maximum Gasteiger partial charge on any atom is 0.133 e. The van der Waals surface area contributed by atoms with Crippen molar-refractivity contribution in [2.24, 2.45) is 0 Å². The Morgan fingerprint density at radius 2 is 1.93 bits per heavy atom. The smallest absolute Gasteiger partial charge is 0.133 e. The van der Waals surface area contributed by atoms with Crippen molar-refractivity contribution in [2.45, 2.75) is 19.6 Å². The van der Waals surface area contributed by atoms with Crippen LogP contribution in [0.4, 0.5) is 0 Å². The van der Waals surface area contributed by atoms with Gasteiger partial charge >= 0.3 is 0 Å². The summed E-state index contributed by atoms with van der Waals surface area (Å²) in [4.78, 5) is 0. The molecule has 0 aromatic heterocycles. The van der Waals surface area contributed by atoms with Gasteiger partial charge in [0.2, 0.25) is 0 Å². The van der Waals surface area contributed by atoms with Gasteiger partial charge in [-0.1, -0.05) is 43.5 Å². The highest BCUT2D eigenvalue weighted by molar-refractivity contribution is 9.10. The molecular weight excluding hydrogens is 268 g/mol. The van der Waals surface area contributed by atoms with Gasteiger partial charge in [-0.05, 0) is 28.1 Å². The second kappa shape index (κ2) is 5.52. The number of hydrogen-bond donors (Lipinski definition) is 0. The topological polar surface area (TPSA) is 9.23 Å². The molecule has 1 aromatic carbocycles. The van der Waals surface area contributed by atoms with Crippen LogP contribution in [-0.2, 0) is 0 Å². The first kappa shape index (κ1) is 12.5. The Morgan fingerprint density at radius 1 is 1.27 bits per heavy atom. The molecule has 0 atom stereocenters. The van der Waals surface area contributed by atoms with Gasteiger partial charge in [-0.15, -0.1) is 0 Å². The quantitative estimate of drug-likeness (QED) is 0.751. The SMILES string of the molecule is C[Si](C)(C)/C=C/COc1ccccc1Br. The van der Waals surface area contributed by atoms with Crippen molar-refractivity contribution in [3.63, 3.8) is 0 Å². The summed E-state index contributed by atoms with van der Waals surface area (Å²) in [6, 6.07) is 7.90. The molecule has 0 saturated carbocycles. The van der Waals surface area contributed by atoms with Gasteiger partial charge in [-0.3, -0.25) is 0 Å². The van der Waals surface area contributed by atoms with Crippen LogP contribution in [0.2, 0.25) is 19.6 Å². The fourth-order valence-corrected chi connectivity index (χ4v) is 2.30. The minimum atomic E-state index is -1.08. The Morgan fingerprint density at radius 3 is 2.53 bits per heavy atom. The fraction of sp³-hybridized carbons (Fsp3) is 0.333. The van der Waals surface area contributed by atoms with Crippen LogP contribution >= 0.6 is 15.9 Å². The van der Waals surface area contributed by atoms with Crippen LogP contribution in [0.5, 0.6) is 5.75 Å². The van der Waals surface area contributed by atoms with Gasteiger partial charge in [0.15, 0.2) is 0 Å². The van der Waals surface area contributed by atoms with Gasteiger partial charge in [-0.2, -0.15) is 0 Å². The molecule has 3 heteroatoms. The zero-order valence-corrected chi connectivity index (χ0v) is 12.0. The molecule has 0 N–H and O–H groups in total. The van der Waals surface area contributed by atoms with E-state index in [4.69, 9.17) is 4.74 Å². The Bertz CT molecular complexity index is 342. The van der Waals surface area contributed by atoms with E-state index in [1.807, 2.05) is 24.3 Å². The van der Waals surface area contributed by atoms with Crippen LogP contribution in [0.3, 0.4) is 0 Å². The summed E-state index contributed by atoms with van der Waals surface area (Å²) in [5.74, 6) is 0.901. The highest BCUT2D eigenvalue weighted by atomic mass is 79.9. The van der Waals surface area contributed by atoms with E-state index in [0.29, 0.717) is 6.61 Å². The molecule has 1 nitrogen and oxygen atoms in total. The van der Waals surface area contributed by atoms with Crippen LogP contribution < -0.4 is 4.74 Å². The van der Waals surface area contributed by atoms with E-state index in [1.54, 1.807) is 0 Å². The minimum absolute atomic E-state index is 0.646. The second-order valence-corrected chi connectivity index (χ2v) is 10.4. The summed E-state index contributed by atoms with van der Waals surface area (Å²) in [5.41, 5.74) is 2.30. The third-order valence-corrected chi connectivity index (χ3v) is 3.68. The van der Waals surface area contributed by atoms with Crippen molar-refractivity contribution < 1.29 is 4.74 Å². The minimum Gasteiger partial charge on any atom is -0.488 e. The first-order chi connectivity index (χ1) is 6.99. The zero-order valence-electron chi connectivity index (χ0n) is 9.46. The summed E-state index contributed by atoms with van der Waals surface area (Å²) >= 11 is 3.45. The molecule has 0 unspecified atom stereocenters. The Labute approximate surface area is 101 Å². The lowest BCUT2D eigenvalue weighted by molar-refractivity contribution is 0.360. The monoisotopic (exact) mass is 284 g/mol. The lowest BCUT2D eigenvalue weighted by Gasteiger charge is -2.09. The number of rotatable bonds is 4. The lowest BCUT2D eigenvalue weighted by Crippen LogP contribution is -2.15. The molecule has 0 bridgehead atoms. The molecule has 1 aromatic rings. The molecule has 0 aliphatic heterocycles. The molecule has 82 valence electrons. The maximum atomic E-state index is 5.62. The van der Waals surface area contributed by atoms with Gasteiger partial charge in [0.25, 0.3) is 0 Å². The number of ether oxygens (including phenoxy) is 1. The van der Waals surface area contributed by atoms with E-state index in [2.05, 4.69) is 47.3 Å². The number of benzene rings is 1. The summed E-state index contributed by atoms with van der Waals surface area (Å²) in [7, 11) is -1.08. The van der Waals surface area contributed by atoms with Crippen LogP contribution in [-0.4, -0.2) is 14.7 Å². The zero-order chi connectivity index (χ0) is 11.3. The summed E-state index contributed by atoms with van der Waals surface area (Å²) in [5, 5.41) is 0. The van der Waals surface area contributed by atoms with Crippen LogP contribution in [0.1, 0.15) is 0 Å². The first-order valence-electron chi connectivity index (χ1n) is 5.04. The Hall–Kier alpha value is -0.543.